The van der Waals surface area contributed by atoms with E-state index in [2.05, 4.69) is 26.9 Å². The summed E-state index contributed by atoms with van der Waals surface area (Å²) in [4.78, 5) is 0. The van der Waals surface area contributed by atoms with E-state index in [1.54, 1.807) is 7.11 Å². The highest BCUT2D eigenvalue weighted by atomic mass is 32.2. The van der Waals surface area contributed by atoms with Crippen LogP contribution in [-0.4, -0.2) is 27.1 Å². The van der Waals surface area contributed by atoms with Gasteiger partial charge >= 0.3 is 0 Å². The summed E-state index contributed by atoms with van der Waals surface area (Å²) in [6.45, 7) is 0.479. The Bertz CT molecular complexity index is 564. The molecule has 0 N–H and O–H groups in total. The fourth-order valence-electron chi connectivity index (χ4n) is 2.77. The maximum atomic E-state index is 5.26. The zero-order valence-electron chi connectivity index (χ0n) is 12.4. The summed E-state index contributed by atoms with van der Waals surface area (Å²) in [6, 6.07) is 10.3. The second-order valence-electron chi connectivity index (χ2n) is 5.38. The molecule has 1 fully saturated rings. The van der Waals surface area contributed by atoms with Gasteiger partial charge in [-0.2, -0.15) is 0 Å². The largest absolute Gasteiger partial charge is 0.377 e. The van der Waals surface area contributed by atoms with E-state index in [-0.39, 0.29) is 0 Å². The predicted octanol–water partition coefficient (Wildman–Crippen LogP) is 3.84. The van der Waals surface area contributed by atoms with E-state index >= 15 is 0 Å². The van der Waals surface area contributed by atoms with Gasteiger partial charge < -0.3 is 4.74 Å². The number of para-hydroxylation sites is 1. The third-order valence-electron chi connectivity index (χ3n) is 3.81. The van der Waals surface area contributed by atoms with Crippen molar-refractivity contribution in [3.63, 3.8) is 0 Å². The Morgan fingerprint density at radius 1 is 1.14 bits per heavy atom. The minimum atomic E-state index is 0.479. The molecule has 1 aliphatic carbocycles. The molecule has 4 nitrogen and oxygen atoms in total. The monoisotopic (exact) mass is 303 g/mol. The van der Waals surface area contributed by atoms with Crippen molar-refractivity contribution < 1.29 is 4.74 Å². The summed E-state index contributed by atoms with van der Waals surface area (Å²) in [5.41, 5.74) is 1.10. The van der Waals surface area contributed by atoms with E-state index in [0.29, 0.717) is 11.9 Å². The molecule has 1 heterocycles. The molecular formula is C16H21N3OS. The van der Waals surface area contributed by atoms with Crippen LogP contribution in [0.5, 0.6) is 0 Å². The highest BCUT2D eigenvalue weighted by molar-refractivity contribution is 7.99. The summed E-state index contributed by atoms with van der Waals surface area (Å²) in [6.07, 6.45) is 6.61. The molecule has 5 heteroatoms. The third-order valence-corrected chi connectivity index (χ3v) is 5.09. The highest BCUT2D eigenvalue weighted by Crippen LogP contribution is 2.34. The number of hydrogen-bond donors (Lipinski definition) is 0. The van der Waals surface area contributed by atoms with E-state index < -0.39 is 0 Å². The summed E-state index contributed by atoms with van der Waals surface area (Å²) in [5, 5.41) is 10.4. The van der Waals surface area contributed by atoms with Gasteiger partial charge in [-0.15, -0.1) is 10.2 Å². The molecule has 0 amide bonds. The van der Waals surface area contributed by atoms with Gasteiger partial charge in [0.1, 0.15) is 6.61 Å². The van der Waals surface area contributed by atoms with Crippen LogP contribution in [0.2, 0.25) is 0 Å². The van der Waals surface area contributed by atoms with Gasteiger partial charge in [0, 0.05) is 18.0 Å². The molecule has 0 spiro atoms. The lowest BCUT2D eigenvalue weighted by Gasteiger charge is -2.20. The van der Waals surface area contributed by atoms with Crippen LogP contribution in [0.3, 0.4) is 0 Å². The second kappa shape index (κ2) is 7.09. The molecule has 0 radical (unpaired) electrons. The Morgan fingerprint density at radius 2 is 1.90 bits per heavy atom. The number of nitrogens with zero attached hydrogens (tertiary/aromatic N) is 3. The average molecular weight is 303 g/mol. The van der Waals surface area contributed by atoms with Crippen LogP contribution in [0.25, 0.3) is 5.69 Å². The minimum Gasteiger partial charge on any atom is -0.377 e. The molecule has 0 bridgehead atoms. The Kier molecular flexibility index (Phi) is 4.93. The zero-order valence-corrected chi connectivity index (χ0v) is 13.2. The van der Waals surface area contributed by atoms with Crippen molar-refractivity contribution in [2.45, 2.75) is 49.1 Å². The lowest BCUT2D eigenvalue weighted by Crippen LogP contribution is -2.10. The summed E-state index contributed by atoms with van der Waals surface area (Å²) in [7, 11) is 1.69. The third kappa shape index (κ3) is 3.47. The summed E-state index contributed by atoms with van der Waals surface area (Å²) >= 11 is 1.87. The van der Waals surface area contributed by atoms with Gasteiger partial charge in [0.05, 0.1) is 0 Å². The fraction of sp³-hybridized carbons (Fsp3) is 0.500. The summed E-state index contributed by atoms with van der Waals surface area (Å²) < 4.78 is 7.39. The first-order valence-corrected chi connectivity index (χ1v) is 8.42. The van der Waals surface area contributed by atoms with Crippen LogP contribution in [0.1, 0.15) is 37.9 Å². The Morgan fingerprint density at radius 3 is 2.62 bits per heavy atom. The van der Waals surface area contributed by atoms with Crippen LogP contribution in [0.4, 0.5) is 0 Å². The molecule has 2 aromatic rings. The number of ether oxygens (including phenoxy) is 1. The second-order valence-corrected chi connectivity index (χ2v) is 6.65. The van der Waals surface area contributed by atoms with E-state index in [4.69, 9.17) is 4.74 Å². The van der Waals surface area contributed by atoms with Gasteiger partial charge in [0.2, 0.25) is 0 Å². The molecule has 1 saturated carbocycles. The SMILES string of the molecule is COCc1nnc(SC2CCCCC2)n1-c1ccccc1. The topological polar surface area (TPSA) is 39.9 Å². The van der Waals surface area contributed by atoms with Crippen LogP contribution < -0.4 is 0 Å². The van der Waals surface area contributed by atoms with Crippen molar-refractivity contribution in [1.29, 1.82) is 0 Å². The van der Waals surface area contributed by atoms with Gasteiger partial charge in [-0.05, 0) is 25.0 Å². The van der Waals surface area contributed by atoms with Crippen LogP contribution in [-0.2, 0) is 11.3 Å². The number of methoxy groups -OCH3 is 1. The standard InChI is InChI=1S/C16H21N3OS/c1-20-12-15-17-18-16(21-14-10-6-3-7-11-14)19(15)13-8-4-2-5-9-13/h2,4-5,8-9,14H,3,6-7,10-12H2,1H3. The van der Waals surface area contributed by atoms with E-state index in [9.17, 15) is 0 Å². The minimum absolute atomic E-state index is 0.479. The first kappa shape index (κ1) is 14.6. The molecule has 0 atom stereocenters. The van der Waals surface area contributed by atoms with Gasteiger partial charge in [-0.1, -0.05) is 49.2 Å². The Labute approximate surface area is 129 Å². The van der Waals surface area contributed by atoms with Crippen LogP contribution in [0.15, 0.2) is 35.5 Å². The van der Waals surface area contributed by atoms with Crippen molar-refractivity contribution in [2.75, 3.05) is 7.11 Å². The van der Waals surface area contributed by atoms with Crippen molar-refractivity contribution in [2.24, 2.45) is 0 Å². The van der Waals surface area contributed by atoms with E-state index in [1.165, 1.54) is 32.1 Å². The highest BCUT2D eigenvalue weighted by Gasteiger charge is 2.20. The van der Waals surface area contributed by atoms with E-state index in [1.807, 2.05) is 30.0 Å². The Balaban J connectivity index is 1.89. The maximum Gasteiger partial charge on any atom is 0.196 e. The molecule has 21 heavy (non-hydrogen) atoms. The molecule has 0 aliphatic heterocycles. The molecule has 0 unspecified atom stereocenters. The lowest BCUT2D eigenvalue weighted by atomic mass is 10.0. The smallest absolute Gasteiger partial charge is 0.196 e. The van der Waals surface area contributed by atoms with Gasteiger partial charge in [0.15, 0.2) is 11.0 Å². The number of thioether (sulfide) groups is 1. The zero-order chi connectivity index (χ0) is 14.5. The molecule has 1 aromatic carbocycles. The molecular weight excluding hydrogens is 282 g/mol. The van der Waals surface area contributed by atoms with Gasteiger partial charge in [0.25, 0.3) is 0 Å². The number of hydrogen-bond acceptors (Lipinski definition) is 4. The molecule has 3 rings (SSSR count). The molecule has 112 valence electrons. The van der Waals surface area contributed by atoms with Crippen molar-refractivity contribution >= 4 is 11.8 Å². The van der Waals surface area contributed by atoms with Gasteiger partial charge in [-0.3, -0.25) is 4.57 Å². The van der Waals surface area contributed by atoms with Crippen LogP contribution >= 0.6 is 11.8 Å². The molecule has 0 saturated heterocycles. The fourth-order valence-corrected chi connectivity index (χ4v) is 4.04. The summed E-state index contributed by atoms with van der Waals surface area (Å²) in [5.74, 6) is 0.863. The van der Waals surface area contributed by atoms with E-state index in [0.717, 1.165) is 16.7 Å². The first-order chi connectivity index (χ1) is 10.4. The normalized spacial score (nSPS) is 16.2. The molecule has 1 aromatic heterocycles. The lowest BCUT2D eigenvalue weighted by molar-refractivity contribution is 0.176. The number of aromatic nitrogens is 3. The van der Waals surface area contributed by atoms with Crippen molar-refractivity contribution in [3.05, 3.63) is 36.2 Å². The number of rotatable bonds is 5. The van der Waals surface area contributed by atoms with Crippen LogP contribution in [0, 0.1) is 0 Å². The molecule has 1 aliphatic rings. The van der Waals surface area contributed by atoms with Crippen molar-refractivity contribution in [3.8, 4) is 5.69 Å². The Hall–Kier alpha value is -1.33. The van der Waals surface area contributed by atoms with Gasteiger partial charge in [-0.25, -0.2) is 0 Å². The average Bonchev–Trinajstić information content (AvgIpc) is 2.92. The van der Waals surface area contributed by atoms with Crippen molar-refractivity contribution in [1.82, 2.24) is 14.8 Å². The quantitative estimate of drug-likeness (QED) is 0.841. The first-order valence-electron chi connectivity index (χ1n) is 7.54. The predicted molar refractivity (Wildman–Crippen MR) is 84.8 cm³/mol. The maximum absolute atomic E-state index is 5.26. The number of benzene rings is 1.